The molecule has 1 atom stereocenters. The normalized spacial score (nSPS) is 14.9. The zero-order chi connectivity index (χ0) is 16.3. The molecule has 0 saturated carbocycles. The summed E-state index contributed by atoms with van der Waals surface area (Å²) in [5.74, 6) is 0. The molecule has 0 saturated heterocycles. The van der Waals surface area contributed by atoms with E-state index in [4.69, 9.17) is 10.5 Å². The maximum absolute atomic E-state index is 12.4. The van der Waals surface area contributed by atoms with Crippen molar-refractivity contribution in [3.63, 3.8) is 0 Å². The van der Waals surface area contributed by atoms with Crippen molar-refractivity contribution in [1.82, 2.24) is 4.72 Å². The second-order valence-corrected chi connectivity index (χ2v) is 7.25. The minimum absolute atomic E-state index is 0.0814. The number of aliphatic hydroxyl groups is 1. The molecule has 0 bridgehead atoms. The van der Waals surface area contributed by atoms with Crippen molar-refractivity contribution >= 4 is 15.7 Å². The fraction of sp³-hybridized carbons (Fsp3) is 0.571. The Balaban J connectivity index is 2.93. The quantitative estimate of drug-likeness (QED) is 0.650. The highest BCUT2D eigenvalue weighted by Crippen LogP contribution is 2.23. The minimum Gasteiger partial charge on any atom is -0.399 e. The first-order chi connectivity index (χ1) is 9.59. The summed E-state index contributed by atoms with van der Waals surface area (Å²) in [6.07, 6.45) is 0.339. The highest BCUT2D eigenvalue weighted by molar-refractivity contribution is 7.89. The summed E-state index contributed by atoms with van der Waals surface area (Å²) >= 11 is 0. The number of hydrogen-bond acceptors (Lipinski definition) is 5. The molecule has 120 valence electrons. The average Bonchev–Trinajstić information content (AvgIpc) is 2.33. The van der Waals surface area contributed by atoms with Crippen LogP contribution in [0.4, 0.5) is 5.69 Å². The van der Waals surface area contributed by atoms with E-state index in [2.05, 4.69) is 4.72 Å². The van der Waals surface area contributed by atoms with E-state index in [0.717, 1.165) is 0 Å². The van der Waals surface area contributed by atoms with Crippen molar-refractivity contribution in [2.45, 2.75) is 37.7 Å². The number of aryl methyl sites for hydroxylation is 2. The summed E-state index contributed by atoms with van der Waals surface area (Å²) in [6, 6.07) is 3.23. The molecule has 1 aromatic carbocycles. The summed E-state index contributed by atoms with van der Waals surface area (Å²) in [4.78, 5) is 0.208. The third-order valence-electron chi connectivity index (χ3n) is 3.24. The molecule has 0 radical (unpaired) electrons. The molecule has 0 aliphatic heterocycles. The van der Waals surface area contributed by atoms with Crippen LogP contribution < -0.4 is 10.5 Å². The molecular formula is C14H24N2O4S. The van der Waals surface area contributed by atoms with Crippen LogP contribution in [0.2, 0.25) is 0 Å². The van der Waals surface area contributed by atoms with E-state index >= 15 is 0 Å². The molecule has 1 unspecified atom stereocenters. The number of methoxy groups -OCH3 is 1. The Kier molecular flexibility index (Phi) is 5.75. The van der Waals surface area contributed by atoms with E-state index in [1.165, 1.54) is 7.11 Å². The Hall–Kier alpha value is -1.15. The number of nitrogens with one attached hydrogen (secondary N) is 1. The van der Waals surface area contributed by atoms with Gasteiger partial charge < -0.3 is 15.6 Å². The number of sulfonamides is 1. The minimum atomic E-state index is -3.70. The first-order valence-electron chi connectivity index (χ1n) is 6.67. The molecule has 0 fully saturated rings. The van der Waals surface area contributed by atoms with Crippen molar-refractivity contribution in [2.24, 2.45) is 0 Å². The van der Waals surface area contributed by atoms with Gasteiger partial charge in [0.25, 0.3) is 0 Å². The van der Waals surface area contributed by atoms with Gasteiger partial charge in [-0.3, -0.25) is 0 Å². The van der Waals surface area contributed by atoms with E-state index in [0.29, 0.717) is 29.8 Å². The van der Waals surface area contributed by atoms with Gasteiger partial charge in [-0.25, -0.2) is 13.1 Å². The third-order valence-corrected chi connectivity index (χ3v) is 4.94. The van der Waals surface area contributed by atoms with Gasteiger partial charge in [0.15, 0.2) is 0 Å². The van der Waals surface area contributed by atoms with E-state index in [1.807, 2.05) is 0 Å². The van der Waals surface area contributed by atoms with Crippen molar-refractivity contribution in [2.75, 3.05) is 26.0 Å². The van der Waals surface area contributed by atoms with Gasteiger partial charge in [-0.2, -0.15) is 0 Å². The maximum atomic E-state index is 12.4. The maximum Gasteiger partial charge on any atom is 0.241 e. The number of rotatable bonds is 7. The van der Waals surface area contributed by atoms with Crippen LogP contribution in [0, 0.1) is 13.8 Å². The Morgan fingerprint density at radius 3 is 2.33 bits per heavy atom. The van der Waals surface area contributed by atoms with Gasteiger partial charge in [-0.15, -0.1) is 0 Å². The molecule has 1 rings (SSSR count). The molecule has 0 heterocycles. The summed E-state index contributed by atoms with van der Waals surface area (Å²) in [5, 5.41) is 10.1. The number of nitrogens with two attached hydrogens (primary N) is 1. The van der Waals surface area contributed by atoms with E-state index in [-0.39, 0.29) is 11.4 Å². The van der Waals surface area contributed by atoms with Gasteiger partial charge in [0.1, 0.15) is 0 Å². The van der Waals surface area contributed by atoms with Gasteiger partial charge in [0.05, 0.1) is 10.5 Å². The molecule has 21 heavy (non-hydrogen) atoms. The van der Waals surface area contributed by atoms with Crippen molar-refractivity contribution in [3.8, 4) is 0 Å². The molecule has 0 amide bonds. The van der Waals surface area contributed by atoms with Crippen LogP contribution in [0.5, 0.6) is 0 Å². The Bertz CT molecular complexity index is 574. The second kappa shape index (κ2) is 6.74. The number of benzene rings is 1. The Labute approximate surface area is 126 Å². The molecular weight excluding hydrogens is 292 g/mol. The first-order valence-corrected chi connectivity index (χ1v) is 8.15. The molecule has 0 spiro atoms. The lowest BCUT2D eigenvalue weighted by atomic mass is 10.0. The second-order valence-electron chi connectivity index (χ2n) is 5.55. The van der Waals surface area contributed by atoms with E-state index in [1.54, 1.807) is 32.9 Å². The van der Waals surface area contributed by atoms with Crippen molar-refractivity contribution in [3.05, 3.63) is 23.3 Å². The standard InChI is InChI=1S/C14H24N2O4S/c1-10-7-12(15)8-11(2)13(10)21(18,19)16-9-14(3,17)5-6-20-4/h7-8,16-17H,5-6,9,15H2,1-4H3. The highest BCUT2D eigenvalue weighted by Gasteiger charge is 2.26. The topological polar surface area (TPSA) is 102 Å². The molecule has 7 heteroatoms. The van der Waals surface area contributed by atoms with Gasteiger partial charge in [-0.05, 0) is 44.0 Å². The fourth-order valence-electron chi connectivity index (χ4n) is 2.14. The van der Waals surface area contributed by atoms with Gasteiger partial charge in [0.2, 0.25) is 10.0 Å². The van der Waals surface area contributed by atoms with Crippen LogP contribution in [0.25, 0.3) is 0 Å². The highest BCUT2D eigenvalue weighted by atomic mass is 32.2. The van der Waals surface area contributed by atoms with Crippen LogP contribution in [0.1, 0.15) is 24.5 Å². The summed E-state index contributed by atoms with van der Waals surface area (Å²) in [5.41, 5.74) is 6.22. The molecule has 0 aliphatic carbocycles. The molecule has 6 nitrogen and oxygen atoms in total. The average molecular weight is 316 g/mol. The lowest BCUT2D eigenvalue weighted by Crippen LogP contribution is -2.41. The van der Waals surface area contributed by atoms with Crippen LogP contribution in [-0.4, -0.2) is 39.4 Å². The lowest BCUT2D eigenvalue weighted by Gasteiger charge is -2.23. The largest absolute Gasteiger partial charge is 0.399 e. The molecule has 1 aromatic rings. The van der Waals surface area contributed by atoms with Gasteiger partial charge in [0, 0.05) is 32.4 Å². The number of anilines is 1. The Morgan fingerprint density at radius 2 is 1.86 bits per heavy atom. The number of hydrogen-bond donors (Lipinski definition) is 3. The van der Waals surface area contributed by atoms with Crippen molar-refractivity contribution in [1.29, 1.82) is 0 Å². The molecule has 4 N–H and O–H groups in total. The lowest BCUT2D eigenvalue weighted by molar-refractivity contribution is 0.0292. The Morgan fingerprint density at radius 1 is 1.33 bits per heavy atom. The van der Waals surface area contributed by atoms with Crippen LogP contribution in [0.15, 0.2) is 17.0 Å². The van der Waals surface area contributed by atoms with Crippen molar-refractivity contribution < 1.29 is 18.3 Å². The summed E-state index contributed by atoms with van der Waals surface area (Å²) in [6.45, 7) is 5.23. The van der Waals surface area contributed by atoms with E-state index in [9.17, 15) is 13.5 Å². The molecule has 0 aromatic heterocycles. The van der Waals surface area contributed by atoms with Gasteiger partial charge >= 0.3 is 0 Å². The number of ether oxygens (including phenoxy) is 1. The fourth-order valence-corrected chi connectivity index (χ4v) is 3.75. The zero-order valence-corrected chi connectivity index (χ0v) is 13.8. The SMILES string of the molecule is COCCC(C)(O)CNS(=O)(=O)c1c(C)cc(N)cc1C. The van der Waals surface area contributed by atoms with E-state index < -0.39 is 15.6 Å². The first kappa shape index (κ1) is 17.9. The van der Waals surface area contributed by atoms with Crippen LogP contribution in [0.3, 0.4) is 0 Å². The zero-order valence-electron chi connectivity index (χ0n) is 12.9. The predicted octanol–water partition coefficient (Wildman–Crippen LogP) is 0.951. The number of nitrogen functional groups attached to an aromatic ring is 1. The van der Waals surface area contributed by atoms with Gasteiger partial charge in [-0.1, -0.05) is 0 Å². The molecule has 0 aliphatic rings. The smallest absolute Gasteiger partial charge is 0.241 e. The monoisotopic (exact) mass is 316 g/mol. The summed E-state index contributed by atoms with van der Waals surface area (Å²) in [7, 11) is -2.17. The van der Waals surface area contributed by atoms with Crippen LogP contribution in [-0.2, 0) is 14.8 Å². The van der Waals surface area contributed by atoms with Crippen LogP contribution >= 0.6 is 0 Å². The predicted molar refractivity (Wildman–Crippen MR) is 82.6 cm³/mol. The summed E-state index contributed by atoms with van der Waals surface area (Å²) < 4.78 is 32.2. The third kappa shape index (κ3) is 4.96.